The van der Waals surface area contributed by atoms with Crippen molar-refractivity contribution in [3.05, 3.63) is 21.9 Å². The van der Waals surface area contributed by atoms with E-state index in [-0.39, 0.29) is 0 Å². The number of hydrogen-bond donors (Lipinski definition) is 1. The van der Waals surface area contributed by atoms with Gasteiger partial charge in [-0.2, -0.15) is 0 Å². The zero-order valence-corrected chi connectivity index (χ0v) is 14.1. The van der Waals surface area contributed by atoms with Crippen molar-refractivity contribution < 1.29 is 0 Å². The quantitative estimate of drug-likeness (QED) is 0.884. The largest absolute Gasteiger partial charge is 0.308 e. The van der Waals surface area contributed by atoms with Gasteiger partial charge in [-0.3, -0.25) is 4.90 Å². The van der Waals surface area contributed by atoms with Gasteiger partial charge >= 0.3 is 0 Å². The van der Waals surface area contributed by atoms with Gasteiger partial charge in [-0.1, -0.05) is 19.8 Å². The van der Waals surface area contributed by atoms with E-state index in [2.05, 4.69) is 28.6 Å². The molecule has 3 aliphatic rings. The van der Waals surface area contributed by atoms with Crippen molar-refractivity contribution >= 4 is 11.3 Å². The number of thiophene rings is 1. The molecule has 4 rings (SSSR count). The minimum atomic E-state index is 0.444. The molecule has 1 aromatic heterocycles. The third kappa shape index (κ3) is 2.47. The molecule has 21 heavy (non-hydrogen) atoms. The van der Waals surface area contributed by atoms with Gasteiger partial charge in [0.25, 0.3) is 0 Å². The monoisotopic (exact) mass is 304 g/mol. The summed E-state index contributed by atoms with van der Waals surface area (Å²) in [4.78, 5) is 4.56. The standard InChI is InChI=1S/C18H28N2S/c1-2-14-12-19-18(9-3-4-10-18)13-20(14)16-6-5-7-17-15(16)8-11-21-17/h8,11,14,16,19H,2-7,9-10,12-13H2,1H3. The van der Waals surface area contributed by atoms with Crippen LogP contribution >= 0.6 is 11.3 Å². The molecular weight excluding hydrogens is 276 g/mol. The maximum absolute atomic E-state index is 3.94. The highest BCUT2D eigenvalue weighted by Gasteiger charge is 2.43. The second-order valence-electron chi connectivity index (χ2n) is 7.31. The van der Waals surface area contributed by atoms with E-state index in [9.17, 15) is 0 Å². The molecule has 2 atom stereocenters. The normalized spacial score (nSPS) is 32.4. The summed E-state index contributed by atoms with van der Waals surface area (Å²) < 4.78 is 0. The van der Waals surface area contributed by atoms with Crippen molar-refractivity contribution in [1.82, 2.24) is 10.2 Å². The smallest absolute Gasteiger partial charge is 0.0363 e. The van der Waals surface area contributed by atoms with E-state index in [1.807, 2.05) is 11.3 Å². The van der Waals surface area contributed by atoms with Crippen molar-refractivity contribution in [3.63, 3.8) is 0 Å². The molecule has 1 saturated carbocycles. The van der Waals surface area contributed by atoms with Crippen LogP contribution < -0.4 is 5.32 Å². The Labute approximate surface area is 132 Å². The Kier molecular flexibility index (Phi) is 3.85. The number of piperazine rings is 1. The maximum atomic E-state index is 3.94. The Bertz CT molecular complexity index is 489. The SMILES string of the molecule is CCC1CNC2(CCCC2)CN1C1CCCc2sccc21. The average Bonchev–Trinajstić information content (AvgIpc) is 3.16. The van der Waals surface area contributed by atoms with Crippen LogP contribution in [-0.2, 0) is 6.42 Å². The third-order valence-electron chi connectivity index (χ3n) is 6.12. The Morgan fingerprint density at radius 1 is 1.33 bits per heavy atom. The van der Waals surface area contributed by atoms with E-state index in [0.717, 1.165) is 6.04 Å². The van der Waals surface area contributed by atoms with Crippen LogP contribution in [-0.4, -0.2) is 29.6 Å². The molecule has 1 saturated heterocycles. The first-order chi connectivity index (χ1) is 10.3. The fourth-order valence-corrected chi connectivity index (χ4v) is 5.90. The molecular formula is C18H28N2S. The molecule has 2 fully saturated rings. The first-order valence-electron chi connectivity index (χ1n) is 8.88. The lowest BCUT2D eigenvalue weighted by Crippen LogP contribution is -2.63. The van der Waals surface area contributed by atoms with Crippen molar-refractivity contribution in [1.29, 1.82) is 0 Å². The van der Waals surface area contributed by atoms with E-state index < -0.39 is 0 Å². The van der Waals surface area contributed by atoms with Gasteiger partial charge in [-0.05, 0) is 55.5 Å². The summed E-state index contributed by atoms with van der Waals surface area (Å²) in [5.74, 6) is 0. The van der Waals surface area contributed by atoms with Crippen molar-refractivity contribution in [2.75, 3.05) is 13.1 Å². The Hall–Kier alpha value is -0.380. The number of rotatable bonds is 2. The lowest BCUT2D eigenvalue weighted by atomic mass is 9.86. The summed E-state index contributed by atoms with van der Waals surface area (Å²) in [7, 11) is 0. The van der Waals surface area contributed by atoms with Crippen LogP contribution in [0.5, 0.6) is 0 Å². The zero-order chi connectivity index (χ0) is 14.3. The average molecular weight is 305 g/mol. The summed E-state index contributed by atoms with van der Waals surface area (Å²) in [5, 5.41) is 6.26. The number of aryl methyl sites for hydroxylation is 1. The van der Waals surface area contributed by atoms with Crippen LogP contribution in [0, 0.1) is 0 Å². The first kappa shape index (κ1) is 14.2. The highest BCUT2D eigenvalue weighted by molar-refractivity contribution is 7.10. The predicted molar refractivity (Wildman–Crippen MR) is 90.0 cm³/mol. The highest BCUT2D eigenvalue weighted by Crippen LogP contribution is 2.42. The maximum Gasteiger partial charge on any atom is 0.0363 e. The van der Waals surface area contributed by atoms with E-state index in [0.29, 0.717) is 11.6 Å². The molecule has 2 nitrogen and oxygen atoms in total. The fraction of sp³-hybridized carbons (Fsp3) is 0.778. The fourth-order valence-electron chi connectivity index (χ4n) is 4.92. The summed E-state index contributed by atoms with van der Waals surface area (Å²) >= 11 is 1.98. The second-order valence-corrected chi connectivity index (χ2v) is 8.31. The summed E-state index contributed by atoms with van der Waals surface area (Å²) in [5.41, 5.74) is 2.11. The van der Waals surface area contributed by atoms with E-state index >= 15 is 0 Å². The third-order valence-corrected chi connectivity index (χ3v) is 7.12. The minimum Gasteiger partial charge on any atom is -0.308 e. The van der Waals surface area contributed by atoms with Crippen LogP contribution in [0.4, 0.5) is 0 Å². The molecule has 0 bridgehead atoms. The molecule has 0 amide bonds. The van der Waals surface area contributed by atoms with Gasteiger partial charge in [0.05, 0.1) is 0 Å². The second kappa shape index (κ2) is 5.68. The highest BCUT2D eigenvalue weighted by atomic mass is 32.1. The number of nitrogens with one attached hydrogen (secondary N) is 1. The molecule has 1 aliphatic heterocycles. The summed E-state index contributed by atoms with van der Waals surface area (Å²) in [6, 6.07) is 3.84. The predicted octanol–water partition coefficient (Wildman–Crippen LogP) is 4.12. The first-order valence-corrected chi connectivity index (χ1v) is 9.76. The Morgan fingerprint density at radius 3 is 3.00 bits per heavy atom. The molecule has 0 radical (unpaired) electrons. The van der Waals surface area contributed by atoms with Crippen LogP contribution in [0.15, 0.2) is 11.4 Å². The minimum absolute atomic E-state index is 0.444. The molecule has 1 aromatic rings. The zero-order valence-electron chi connectivity index (χ0n) is 13.2. The van der Waals surface area contributed by atoms with E-state index in [1.54, 1.807) is 10.4 Å². The molecule has 2 aliphatic carbocycles. The number of hydrogen-bond acceptors (Lipinski definition) is 3. The van der Waals surface area contributed by atoms with Crippen molar-refractivity contribution in [2.24, 2.45) is 0 Å². The van der Waals surface area contributed by atoms with Gasteiger partial charge in [0.1, 0.15) is 0 Å². The topological polar surface area (TPSA) is 15.3 Å². The van der Waals surface area contributed by atoms with Gasteiger partial charge in [0, 0.05) is 35.6 Å². The molecule has 1 spiro atoms. The molecule has 116 valence electrons. The van der Waals surface area contributed by atoms with Gasteiger partial charge in [-0.25, -0.2) is 0 Å². The van der Waals surface area contributed by atoms with Crippen LogP contribution in [0.25, 0.3) is 0 Å². The molecule has 2 unspecified atom stereocenters. The van der Waals surface area contributed by atoms with Crippen LogP contribution in [0.2, 0.25) is 0 Å². The lowest BCUT2D eigenvalue weighted by molar-refractivity contribution is 0.0337. The van der Waals surface area contributed by atoms with Crippen molar-refractivity contribution in [3.8, 4) is 0 Å². The molecule has 3 heteroatoms. The van der Waals surface area contributed by atoms with E-state index in [4.69, 9.17) is 0 Å². The molecule has 0 aromatic carbocycles. The van der Waals surface area contributed by atoms with Gasteiger partial charge in [0.15, 0.2) is 0 Å². The number of nitrogens with zero attached hydrogens (tertiary/aromatic N) is 1. The summed E-state index contributed by atoms with van der Waals surface area (Å²) in [6.07, 6.45) is 11.0. The Balaban J connectivity index is 1.62. The Morgan fingerprint density at radius 2 is 2.19 bits per heavy atom. The molecule has 2 heterocycles. The van der Waals surface area contributed by atoms with Gasteiger partial charge < -0.3 is 5.32 Å². The van der Waals surface area contributed by atoms with E-state index in [1.165, 1.54) is 64.5 Å². The van der Waals surface area contributed by atoms with Gasteiger partial charge in [0.2, 0.25) is 0 Å². The lowest BCUT2D eigenvalue weighted by Gasteiger charge is -2.50. The molecule has 1 N–H and O–H groups in total. The van der Waals surface area contributed by atoms with Gasteiger partial charge in [-0.15, -0.1) is 11.3 Å². The van der Waals surface area contributed by atoms with Crippen LogP contribution in [0.1, 0.15) is 68.4 Å². The number of fused-ring (bicyclic) bond motifs is 1. The van der Waals surface area contributed by atoms with Crippen LogP contribution in [0.3, 0.4) is 0 Å². The summed E-state index contributed by atoms with van der Waals surface area (Å²) in [6.45, 7) is 4.85. The van der Waals surface area contributed by atoms with Crippen molar-refractivity contribution in [2.45, 2.75) is 75.9 Å².